The van der Waals surface area contributed by atoms with Crippen LogP contribution in [0, 0.1) is 0 Å². The number of ether oxygens (including phenoxy) is 1. The molecule has 36 heavy (non-hydrogen) atoms. The summed E-state index contributed by atoms with van der Waals surface area (Å²) in [5, 5.41) is 8.26. The highest BCUT2D eigenvalue weighted by atomic mass is 19.4. The Morgan fingerprint density at radius 2 is 1.94 bits per heavy atom. The third kappa shape index (κ3) is 5.62. The molecule has 2 atom stereocenters. The summed E-state index contributed by atoms with van der Waals surface area (Å²) in [6.45, 7) is 1.25. The number of carbonyl (C=O) groups is 3. The predicted octanol–water partition coefficient (Wildman–Crippen LogP) is 2.05. The number of nitrogens with one attached hydrogen (secondary N) is 3. The van der Waals surface area contributed by atoms with Crippen molar-refractivity contribution in [2.45, 2.75) is 30.6 Å². The number of carbonyl (C=O) groups excluding carboxylic acids is 3. The Hall–Kier alpha value is -3.60. The van der Waals surface area contributed by atoms with E-state index in [9.17, 15) is 27.6 Å². The van der Waals surface area contributed by atoms with Crippen molar-refractivity contribution in [1.82, 2.24) is 20.9 Å². The van der Waals surface area contributed by atoms with Gasteiger partial charge >= 0.3 is 6.18 Å². The molecular weight excluding hydrogens is 477 g/mol. The van der Waals surface area contributed by atoms with Crippen LogP contribution in [0.1, 0.15) is 34.3 Å². The number of nitrogens with zero attached hydrogens (tertiary/aromatic N) is 1. The third-order valence-electron chi connectivity index (χ3n) is 6.65. The maximum atomic E-state index is 13.0. The Morgan fingerprint density at radius 3 is 2.58 bits per heavy atom. The number of hydrogen-bond acceptors (Lipinski definition) is 5. The second-order valence-electron chi connectivity index (χ2n) is 9.00. The monoisotopic (exact) mass is 504 g/mol. The van der Waals surface area contributed by atoms with Crippen LogP contribution in [0.2, 0.25) is 0 Å². The molecule has 2 saturated heterocycles. The van der Waals surface area contributed by atoms with Crippen LogP contribution in [0.5, 0.6) is 5.75 Å². The molecule has 2 aromatic carbocycles. The van der Waals surface area contributed by atoms with E-state index in [0.717, 1.165) is 23.8 Å². The summed E-state index contributed by atoms with van der Waals surface area (Å²) in [6, 6.07) is 11.4. The Labute approximate surface area is 206 Å². The second kappa shape index (κ2) is 10.2. The molecule has 0 aromatic heterocycles. The van der Waals surface area contributed by atoms with Gasteiger partial charge in [-0.1, -0.05) is 18.2 Å². The summed E-state index contributed by atoms with van der Waals surface area (Å²) < 4.78 is 44.1. The van der Waals surface area contributed by atoms with Crippen LogP contribution in [-0.4, -0.2) is 62.0 Å². The van der Waals surface area contributed by atoms with E-state index in [1.807, 2.05) is 12.1 Å². The van der Waals surface area contributed by atoms with Gasteiger partial charge in [0, 0.05) is 37.7 Å². The highest BCUT2D eigenvalue weighted by Crippen LogP contribution is 2.35. The zero-order valence-electron chi connectivity index (χ0n) is 19.7. The number of hydrogen-bond donors (Lipinski definition) is 3. The Bertz CT molecular complexity index is 1140. The lowest BCUT2D eigenvalue weighted by atomic mass is 9.88. The van der Waals surface area contributed by atoms with Crippen molar-refractivity contribution in [1.29, 1.82) is 0 Å². The highest BCUT2D eigenvalue weighted by Gasteiger charge is 2.44. The molecule has 0 unspecified atom stereocenters. The van der Waals surface area contributed by atoms with E-state index >= 15 is 0 Å². The summed E-state index contributed by atoms with van der Waals surface area (Å²) in [5.41, 5.74) is -1.05. The number of rotatable bonds is 7. The van der Waals surface area contributed by atoms with E-state index in [-0.39, 0.29) is 17.5 Å². The standard InChI is InChI=1S/C25H27F3N4O4/c1-36-20-7-5-17(6-8-20)24(9-10-32(15-24)19-12-21(33)29-13-19)31-22(34)14-30-23(35)16-3-2-4-18(11-16)25(26,27)28/h2-8,11,19H,9-10,12-15H2,1H3,(H,29,33)(H,30,35)(H,31,34)/t19-,24+/m1/s1. The first-order valence-corrected chi connectivity index (χ1v) is 11.5. The van der Waals surface area contributed by atoms with Gasteiger partial charge in [-0.25, -0.2) is 0 Å². The van der Waals surface area contributed by atoms with Crippen molar-refractivity contribution in [2.24, 2.45) is 0 Å². The molecule has 0 spiro atoms. The molecule has 2 fully saturated rings. The lowest BCUT2D eigenvalue weighted by molar-refractivity contribution is -0.137. The zero-order valence-corrected chi connectivity index (χ0v) is 19.7. The molecule has 0 aliphatic carbocycles. The first-order chi connectivity index (χ1) is 17.1. The van der Waals surface area contributed by atoms with Gasteiger partial charge in [0.15, 0.2) is 0 Å². The summed E-state index contributed by atoms with van der Waals surface area (Å²) in [4.78, 5) is 39.2. The lowest BCUT2D eigenvalue weighted by Gasteiger charge is -2.33. The molecule has 2 aliphatic rings. The van der Waals surface area contributed by atoms with Gasteiger partial charge in [0.25, 0.3) is 5.91 Å². The molecule has 0 saturated carbocycles. The summed E-state index contributed by atoms with van der Waals surface area (Å²) in [7, 11) is 1.56. The third-order valence-corrected chi connectivity index (χ3v) is 6.65. The van der Waals surface area contributed by atoms with Crippen molar-refractivity contribution in [3.63, 3.8) is 0 Å². The smallest absolute Gasteiger partial charge is 0.416 e. The topological polar surface area (TPSA) is 99.8 Å². The van der Waals surface area contributed by atoms with Gasteiger partial charge < -0.3 is 20.7 Å². The van der Waals surface area contributed by atoms with Crippen molar-refractivity contribution < 1.29 is 32.3 Å². The normalized spacial score (nSPS) is 22.2. The van der Waals surface area contributed by atoms with Crippen LogP contribution >= 0.6 is 0 Å². The van der Waals surface area contributed by atoms with Crippen molar-refractivity contribution in [3.05, 3.63) is 65.2 Å². The van der Waals surface area contributed by atoms with Crippen LogP contribution in [0.25, 0.3) is 0 Å². The number of amides is 3. The predicted molar refractivity (Wildman–Crippen MR) is 124 cm³/mol. The van der Waals surface area contributed by atoms with Crippen LogP contribution in [0.4, 0.5) is 13.2 Å². The largest absolute Gasteiger partial charge is 0.497 e. The van der Waals surface area contributed by atoms with Gasteiger partial charge in [-0.3, -0.25) is 19.3 Å². The molecule has 2 aliphatic heterocycles. The van der Waals surface area contributed by atoms with Crippen LogP contribution in [0.3, 0.4) is 0 Å². The van der Waals surface area contributed by atoms with E-state index in [1.165, 1.54) is 6.07 Å². The number of alkyl halides is 3. The second-order valence-corrected chi connectivity index (χ2v) is 9.00. The Morgan fingerprint density at radius 1 is 1.19 bits per heavy atom. The van der Waals surface area contributed by atoms with Gasteiger partial charge in [-0.15, -0.1) is 0 Å². The molecule has 192 valence electrons. The fraction of sp³-hybridized carbons (Fsp3) is 0.400. The molecule has 0 radical (unpaired) electrons. The van der Waals surface area contributed by atoms with E-state index in [4.69, 9.17) is 4.74 Å². The Kier molecular flexibility index (Phi) is 7.21. The van der Waals surface area contributed by atoms with Crippen molar-refractivity contribution in [2.75, 3.05) is 33.3 Å². The molecule has 4 rings (SSSR count). The van der Waals surface area contributed by atoms with Crippen LogP contribution in [0.15, 0.2) is 48.5 Å². The van der Waals surface area contributed by atoms with E-state index in [1.54, 1.807) is 19.2 Å². The van der Waals surface area contributed by atoms with Gasteiger partial charge in [0.05, 0.1) is 24.8 Å². The SMILES string of the molecule is COc1ccc([C@]2(NC(=O)CNC(=O)c3cccc(C(F)(F)F)c3)CCN([C@H]3CNC(=O)C3)C2)cc1. The van der Waals surface area contributed by atoms with Gasteiger partial charge in [0.2, 0.25) is 11.8 Å². The average Bonchev–Trinajstić information content (AvgIpc) is 3.49. The maximum absolute atomic E-state index is 13.0. The highest BCUT2D eigenvalue weighted by molar-refractivity contribution is 5.96. The minimum Gasteiger partial charge on any atom is -0.497 e. The minimum absolute atomic E-state index is 0.0108. The first-order valence-electron chi connectivity index (χ1n) is 11.5. The van der Waals surface area contributed by atoms with E-state index in [2.05, 4.69) is 20.9 Å². The lowest BCUT2D eigenvalue weighted by Crippen LogP contribution is -2.51. The number of likely N-dealkylation sites (tertiary alicyclic amines) is 1. The van der Waals surface area contributed by atoms with Crippen molar-refractivity contribution >= 4 is 17.7 Å². The van der Waals surface area contributed by atoms with Gasteiger partial charge in [0.1, 0.15) is 5.75 Å². The van der Waals surface area contributed by atoms with Crippen molar-refractivity contribution in [3.8, 4) is 5.75 Å². The summed E-state index contributed by atoms with van der Waals surface area (Å²) in [5.74, 6) is -0.607. The molecule has 0 bridgehead atoms. The molecule has 11 heteroatoms. The van der Waals surface area contributed by atoms with E-state index in [0.29, 0.717) is 38.2 Å². The van der Waals surface area contributed by atoms with Gasteiger partial charge in [-0.2, -0.15) is 13.2 Å². The van der Waals surface area contributed by atoms with Crippen LogP contribution in [-0.2, 0) is 21.3 Å². The number of halogens is 3. The summed E-state index contributed by atoms with van der Waals surface area (Å²) in [6.07, 6.45) is -3.61. The molecule has 3 amide bonds. The minimum atomic E-state index is -4.58. The molecule has 2 aromatic rings. The fourth-order valence-corrected chi connectivity index (χ4v) is 4.73. The number of benzene rings is 2. The Balaban J connectivity index is 1.46. The maximum Gasteiger partial charge on any atom is 0.416 e. The quantitative estimate of drug-likeness (QED) is 0.536. The zero-order chi connectivity index (χ0) is 25.9. The van der Waals surface area contributed by atoms with E-state index < -0.39 is 35.6 Å². The molecular formula is C25H27F3N4O4. The molecule has 3 N–H and O–H groups in total. The van der Waals surface area contributed by atoms with Crippen LogP contribution < -0.4 is 20.7 Å². The first kappa shape index (κ1) is 25.5. The molecule has 2 heterocycles. The van der Waals surface area contributed by atoms with Gasteiger partial charge in [-0.05, 0) is 42.3 Å². The fourth-order valence-electron chi connectivity index (χ4n) is 4.73. The summed E-state index contributed by atoms with van der Waals surface area (Å²) >= 11 is 0. The molecule has 8 nitrogen and oxygen atoms in total. The number of methoxy groups -OCH3 is 1. The average molecular weight is 505 g/mol.